The first-order valence-electron chi connectivity index (χ1n) is 7.75. The lowest BCUT2D eigenvalue weighted by atomic mass is 10.1. The van der Waals surface area contributed by atoms with E-state index in [2.05, 4.69) is 17.2 Å². The second-order valence-electron chi connectivity index (χ2n) is 6.06. The van der Waals surface area contributed by atoms with Crippen LogP contribution in [0.2, 0.25) is 0 Å². The highest BCUT2D eigenvalue weighted by Crippen LogP contribution is 2.07. The van der Waals surface area contributed by atoms with Crippen LogP contribution in [0.15, 0.2) is 12.7 Å². The van der Waals surface area contributed by atoms with E-state index in [0.29, 0.717) is 32.0 Å². The van der Waals surface area contributed by atoms with Crippen molar-refractivity contribution in [1.82, 2.24) is 10.6 Å². The molecular formula is C16H27N3O5. The molecule has 0 saturated heterocycles. The van der Waals surface area contributed by atoms with Crippen LogP contribution in [0, 0.1) is 5.41 Å². The molecule has 0 heterocycles. The molecule has 8 nitrogen and oxygen atoms in total. The first kappa shape index (κ1) is 21.6. The molecule has 0 saturated carbocycles. The Morgan fingerprint density at radius 1 is 1.21 bits per heavy atom. The maximum Gasteiger partial charge on any atom is 0.408 e. The molecule has 0 spiro atoms. The van der Waals surface area contributed by atoms with Crippen molar-refractivity contribution in [2.45, 2.75) is 51.7 Å². The summed E-state index contributed by atoms with van der Waals surface area (Å²) >= 11 is 0. The van der Waals surface area contributed by atoms with Crippen LogP contribution in [0.3, 0.4) is 0 Å². The number of ketones is 1. The van der Waals surface area contributed by atoms with E-state index in [0.717, 1.165) is 0 Å². The van der Waals surface area contributed by atoms with E-state index >= 15 is 0 Å². The number of amides is 2. The van der Waals surface area contributed by atoms with E-state index in [1.165, 1.54) is 6.08 Å². The molecule has 24 heavy (non-hydrogen) atoms. The normalized spacial score (nSPS) is 11.8. The number of hydrogen-bond acceptors (Lipinski definition) is 6. The lowest BCUT2D eigenvalue weighted by Gasteiger charge is -2.19. The van der Waals surface area contributed by atoms with E-state index in [-0.39, 0.29) is 6.61 Å². The molecule has 0 aromatic rings. The van der Waals surface area contributed by atoms with Crippen molar-refractivity contribution >= 4 is 24.2 Å². The summed E-state index contributed by atoms with van der Waals surface area (Å²) in [7, 11) is 0. The van der Waals surface area contributed by atoms with Crippen LogP contribution in [-0.4, -0.2) is 49.0 Å². The minimum Gasteiger partial charge on any atom is -0.445 e. The van der Waals surface area contributed by atoms with Gasteiger partial charge in [0.05, 0.1) is 12.3 Å². The quantitative estimate of drug-likeness (QED) is 0.320. The molecule has 0 aliphatic rings. The number of hydrogen-bond donors (Lipinski definition) is 3. The summed E-state index contributed by atoms with van der Waals surface area (Å²) in [6.07, 6.45) is 2.36. The summed E-state index contributed by atoms with van der Waals surface area (Å²) in [6.45, 7) is 9.17. The standard InChI is InChI=1S/C16H27N3O5/c1-5-10-23-15(22)19-12(13(20)11-17)8-6-7-9-18-14(21)24-16(2,3)4/h5,11-12,17H,1,6-10H2,2-4H3,(H,18,21)(H,19,22). The molecule has 3 N–H and O–H groups in total. The average molecular weight is 341 g/mol. The van der Waals surface area contributed by atoms with Crippen molar-refractivity contribution in [2.75, 3.05) is 13.2 Å². The van der Waals surface area contributed by atoms with Crippen LogP contribution < -0.4 is 10.6 Å². The van der Waals surface area contributed by atoms with Crippen LogP contribution >= 0.6 is 0 Å². The summed E-state index contributed by atoms with van der Waals surface area (Å²) in [5.74, 6) is -0.509. The number of rotatable bonds is 10. The van der Waals surface area contributed by atoms with Crippen LogP contribution in [-0.2, 0) is 14.3 Å². The minimum atomic E-state index is -0.818. The lowest BCUT2D eigenvalue weighted by molar-refractivity contribution is -0.114. The summed E-state index contributed by atoms with van der Waals surface area (Å²) in [6, 6.07) is -0.818. The Bertz CT molecular complexity index is 457. The highest BCUT2D eigenvalue weighted by Gasteiger charge is 2.19. The van der Waals surface area contributed by atoms with Gasteiger partial charge in [-0.25, -0.2) is 9.59 Å². The molecular weight excluding hydrogens is 314 g/mol. The zero-order valence-electron chi connectivity index (χ0n) is 14.5. The molecule has 1 atom stereocenters. The van der Waals surface area contributed by atoms with Gasteiger partial charge in [-0.3, -0.25) is 4.79 Å². The van der Waals surface area contributed by atoms with Gasteiger partial charge in [0.25, 0.3) is 0 Å². The van der Waals surface area contributed by atoms with Crippen LogP contribution in [0.5, 0.6) is 0 Å². The van der Waals surface area contributed by atoms with Crippen molar-refractivity contribution in [3.8, 4) is 0 Å². The van der Waals surface area contributed by atoms with Gasteiger partial charge in [0.15, 0.2) is 5.78 Å². The Morgan fingerprint density at radius 3 is 2.42 bits per heavy atom. The Labute approximate surface area is 142 Å². The Balaban J connectivity index is 4.13. The maximum atomic E-state index is 11.6. The van der Waals surface area contributed by atoms with Crippen molar-refractivity contribution < 1.29 is 23.9 Å². The fourth-order valence-electron chi connectivity index (χ4n) is 1.68. The third-order valence-corrected chi connectivity index (χ3v) is 2.70. The van der Waals surface area contributed by atoms with E-state index in [4.69, 9.17) is 14.9 Å². The molecule has 2 amide bonds. The summed E-state index contributed by atoms with van der Waals surface area (Å²) in [5.41, 5.74) is -0.554. The predicted octanol–water partition coefficient (Wildman–Crippen LogP) is 2.18. The molecule has 0 radical (unpaired) electrons. The first-order chi connectivity index (χ1) is 11.2. The number of alkyl carbamates (subject to hydrolysis) is 2. The highest BCUT2D eigenvalue weighted by atomic mass is 16.6. The molecule has 0 aliphatic carbocycles. The average Bonchev–Trinajstić information content (AvgIpc) is 2.48. The topological polar surface area (TPSA) is 118 Å². The number of carbonyl (C=O) groups is 3. The second kappa shape index (κ2) is 11.2. The Morgan fingerprint density at radius 2 is 1.88 bits per heavy atom. The summed E-state index contributed by atoms with van der Waals surface area (Å²) in [4.78, 5) is 34.5. The minimum absolute atomic E-state index is 0.0388. The fourth-order valence-corrected chi connectivity index (χ4v) is 1.68. The summed E-state index contributed by atoms with van der Waals surface area (Å²) < 4.78 is 9.85. The molecule has 136 valence electrons. The number of nitrogens with one attached hydrogen (secondary N) is 3. The van der Waals surface area contributed by atoms with Crippen LogP contribution in [0.1, 0.15) is 40.0 Å². The fraction of sp³-hybridized carbons (Fsp3) is 0.625. The first-order valence-corrected chi connectivity index (χ1v) is 7.75. The number of ether oxygens (including phenoxy) is 2. The zero-order chi connectivity index (χ0) is 18.6. The molecule has 0 aliphatic heterocycles. The zero-order valence-corrected chi connectivity index (χ0v) is 14.5. The third-order valence-electron chi connectivity index (χ3n) is 2.70. The van der Waals surface area contributed by atoms with Gasteiger partial charge in [-0.2, -0.15) is 0 Å². The van der Waals surface area contributed by atoms with Gasteiger partial charge in [0, 0.05) is 6.54 Å². The Kier molecular flexibility index (Phi) is 10.1. The van der Waals surface area contributed by atoms with Crippen molar-refractivity contribution in [2.24, 2.45) is 0 Å². The SMILES string of the molecule is C=CCOC(=O)NC(CCCCNC(=O)OC(C)(C)C)C(=O)C=N. The van der Waals surface area contributed by atoms with Crippen molar-refractivity contribution in [3.05, 3.63) is 12.7 Å². The van der Waals surface area contributed by atoms with Gasteiger partial charge in [0.1, 0.15) is 12.2 Å². The smallest absolute Gasteiger partial charge is 0.408 e. The van der Waals surface area contributed by atoms with Gasteiger partial charge < -0.3 is 25.5 Å². The summed E-state index contributed by atoms with van der Waals surface area (Å²) in [5, 5.41) is 12.0. The molecule has 0 fully saturated rings. The van der Waals surface area contributed by atoms with Gasteiger partial charge in [-0.15, -0.1) is 0 Å². The van der Waals surface area contributed by atoms with E-state index in [1.54, 1.807) is 20.8 Å². The second-order valence-corrected chi connectivity index (χ2v) is 6.06. The van der Waals surface area contributed by atoms with Crippen LogP contribution in [0.4, 0.5) is 9.59 Å². The van der Waals surface area contributed by atoms with Crippen LogP contribution in [0.25, 0.3) is 0 Å². The Hall–Kier alpha value is -2.38. The molecule has 0 rings (SSSR count). The monoisotopic (exact) mass is 341 g/mol. The maximum absolute atomic E-state index is 11.6. The van der Waals surface area contributed by atoms with Gasteiger partial charge >= 0.3 is 12.2 Å². The lowest BCUT2D eigenvalue weighted by Crippen LogP contribution is -2.41. The molecule has 0 aromatic heterocycles. The molecule has 0 aromatic carbocycles. The van der Waals surface area contributed by atoms with E-state index < -0.39 is 29.6 Å². The largest absolute Gasteiger partial charge is 0.445 e. The number of Topliss-reactive ketones (excluding diaryl/α,β-unsaturated/α-hetero) is 1. The van der Waals surface area contributed by atoms with E-state index in [1.807, 2.05) is 0 Å². The number of unbranched alkanes of at least 4 members (excludes halogenated alkanes) is 1. The molecule has 0 bridgehead atoms. The predicted molar refractivity (Wildman–Crippen MR) is 90.3 cm³/mol. The van der Waals surface area contributed by atoms with Gasteiger partial charge in [0.2, 0.25) is 0 Å². The van der Waals surface area contributed by atoms with Gasteiger partial charge in [-0.05, 0) is 40.0 Å². The van der Waals surface area contributed by atoms with Crippen molar-refractivity contribution in [3.63, 3.8) is 0 Å². The van der Waals surface area contributed by atoms with Crippen molar-refractivity contribution in [1.29, 1.82) is 5.41 Å². The third kappa shape index (κ3) is 11.2. The number of carbonyl (C=O) groups excluding carboxylic acids is 3. The molecule has 1 unspecified atom stereocenters. The molecule has 8 heteroatoms. The highest BCUT2D eigenvalue weighted by molar-refractivity contribution is 6.29. The van der Waals surface area contributed by atoms with E-state index in [9.17, 15) is 14.4 Å². The van der Waals surface area contributed by atoms with Gasteiger partial charge in [-0.1, -0.05) is 12.7 Å².